The molecule has 528 valence electrons. The van der Waals surface area contributed by atoms with Crippen LogP contribution in [0.3, 0.4) is 0 Å². The normalized spacial score (nSPS) is 14.5. The van der Waals surface area contributed by atoms with Gasteiger partial charge in [0.1, 0.15) is 19.3 Å². The molecule has 0 spiro atoms. The molecule has 0 fully saturated rings. The maximum absolute atomic E-state index is 13.0. The minimum absolute atomic E-state index is 0.104. The monoisotopic (exact) mass is 1310 g/mol. The van der Waals surface area contributed by atoms with E-state index >= 15 is 0 Å². The molecule has 0 amide bonds. The molecule has 0 aromatic rings. The molecule has 0 aliphatic carbocycles. The van der Waals surface area contributed by atoms with Crippen LogP contribution in [0, 0.1) is 17.8 Å². The van der Waals surface area contributed by atoms with Crippen molar-refractivity contribution in [1.29, 1.82) is 0 Å². The number of aliphatic hydroxyl groups excluding tert-OH is 1. The van der Waals surface area contributed by atoms with E-state index in [1.165, 1.54) is 161 Å². The molecule has 0 bridgehead atoms. The summed E-state index contributed by atoms with van der Waals surface area (Å²) in [5.74, 6) is 0.162. The summed E-state index contributed by atoms with van der Waals surface area (Å²) < 4.78 is 68.2. The number of esters is 4. The topological polar surface area (TPSA) is 237 Å². The molecule has 6 atom stereocenters. The highest BCUT2D eigenvalue weighted by Crippen LogP contribution is 2.45. The van der Waals surface area contributed by atoms with Crippen molar-refractivity contribution in [2.45, 2.75) is 369 Å². The second-order valence-electron chi connectivity index (χ2n) is 26.5. The number of phosphoric ester groups is 2. The van der Waals surface area contributed by atoms with Gasteiger partial charge in [-0.25, -0.2) is 9.13 Å². The molecule has 0 aliphatic rings. The first-order valence-electron chi connectivity index (χ1n) is 36.4. The van der Waals surface area contributed by atoms with Crippen molar-refractivity contribution in [3.05, 3.63) is 0 Å². The Morgan fingerprint density at radius 2 is 0.573 bits per heavy atom. The number of rotatable bonds is 68. The average molecular weight is 1310 g/mol. The highest BCUT2D eigenvalue weighted by Gasteiger charge is 2.30. The standard InChI is InChI=1S/C70H136O17P2/c1-8-10-11-12-13-20-30-37-44-51-67(72)80-57-66(87-70(75)54-47-40-33-25-23-28-35-42-49-62(5)6)60-85-89(78,79)83-56-64(71)55-82-88(76,77)84-59-65(58-81-68(73)52-45-38-31-26-24-29-36-43-50-63(7)9-2)86-69(74)53-46-39-32-22-19-17-15-14-16-18-21-27-34-41-48-61(3)4/h61-66,71H,8-60H2,1-7H3,(H,76,77)(H,78,79)/t63?,64-,65-,66-/m1/s1. The number of carbonyl (C=O) groups excluding carboxylic acids is 4. The van der Waals surface area contributed by atoms with Crippen molar-refractivity contribution >= 4 is 39.5 Å². The zero-order valence-corrected chi connectivity index (χ0v) is 59.7. The highest BCUT2D eigenvalue weighted by molar-refractivity contribution is 7.47. The van der Waals surface area contributed by atoms with E-state index in [-0.39, 0.29) is 25.7 Å². The molecule has 0 rings (SSSR count). The van der Waals surface area contributed by atoms with Gasteiger partial charge in [-0.1, -0.05) is 299 Å². The predicted molar refractivity (Wildman–Crippen MR) is 358 cm³/mol. The molecule has 3 unspecified atom stereocenters. The lowest BCUT2D eigenvalue weighted by atomic mass is 9.99. The second kappa shape index (κ2) is 61.0. The van der Waals surface area contributed by atoms with Gasteiger partial charge in [0, 0.05) is 25.7 Å². The minimum atomic E-state index is -4.95. The summed E-state index contributed by atoms with van der Waals surface area (Å²) in [7, 11) is -9.90. The van der Waals surface area contributed by atoms with E-state index in [0.717, 1.165) is 108 Å². The molecule has 0 saturated carbocycles. The average Bonchev–Trinajstić information content (AvgIpc) is 3.64. The second-order valence-corrected chi connectivity index (χ2v) is 29.4. The molecular formula is C70H136O17P2. The van der Waals surface area contributed by atoms with Crippen LogP contribution in [0.15, 0.2) is 0 Å². The van der Waals surface area contributed by atoms with Gasteiger partial charge >= 0.3 is 39.5 Å². The summed E-state index contributed by atoms with van der Waals surface area (Å²) in [5.41, 5.74) is 0. The fraction of sp³-hybridized carbons (Fsp3) is 0.943. The number of aliphatic hydroxyl groups is 1. The molecule has 0 heterocycles. The van der Waals surface area contributed by atoms with Crippen LogP contribution in [0.1, 0.15) is 350 Å². The van der Waals surface area contributed by atoms with Crippen LogP contribution in [0.5, 0.6) is 0 Å². The Hall–Kier alpha value is -1.94. The lowest BCUT2D eigenvalue weighted by Crippen LogP contribution is -2.30. The van der Waals surface area contributed by atoms with Crippen molar-refractivity contribution in [3.63, 3.8) is 0 Å². The third-order valence-electron chi connectivity index (χ3n) is 16.5. The summed E-state index contributed by atoms with van der Waals surface area (Å²) in [4.78, 5) is 72.5. The Bertz CT molecular complexity index is 1750. The van der Waals surface area contributed by atoms with Crippen LogP contribution in [0.25, 0.3) is 0 Å². The van der Waals surface area contributed by atoms with Gasteiger partial charge in [-0.05, 0) is 43.4 Å². The van der Waals surface area contributed by atoms with E-state index in [1.807, 2.05) is 0 Å². The van der Waals surface area contributed by atoms with Gasteiger partial charge in [0.25, 0.3) is 0 Å². The maximum atomic E-state index is 13.0. The Balaban J connectivity index is 5.23. The third-order valence-corrected chi connectivity index (χ3v) is 18.4. The van der Waals surface area contributed by atoms with Gasteiger partial charge in [0.15, 0.2) is 12.2 Å². The van der Waals surface area contributed by atoms with Crippen LogP contribution in [-0.2, 0) is 65.4 Å². The van der Waals surface area contributed by atoms with Gasteiger partial charge in [0.2, 0.25) is 0 Å². The Morgan fingerprint density at radius 3 is 0.854 bits per heavy atom. The first kappa shape index (κ1) is 87.1. The van der Waals surface area contributed by atoms with Gasteiger partial charge < -0.3 is 33.8 Å². The third kappa shape index (κ3) is 63.2. The molecule has 19 heteroatoms. The van der Waals surface area contributed by atoms with E-state index in [4.69, 9.17) is 37.0 Å². The van der Waals surface area contributed by atoms with Crippen LogP contribution in [-0.4, -0.2) is 96.7 Å². The first-order chi connectivity index (χ1) is 42.8. The molecule has 0 saturated heterocycles. The number of carbonyl (C=O) groups is 4. The van der Waals surface area contributed by atoms with E-state index in [2.05, 4.69) is 48.5 Å². The highest BCUT2D eigenvalue weighted by atomic mass is 31.2. The van der Waals surface area contributed by atoms with Crippen molar-refractivity contribution in [1.82, 2.24) is 0 Å². The number of phosphoric acid groups is 2. The molecule has 3 N–H and O–H groups in total. The van der Waals surface area contributed by atoms with Crippen LogP contribution in [0.4, 0.5) is 0 Å². The molecule has 0 radical (unpaired) electrons. The van der Waals surface area contributed by atoms with Crippen molar-refractivity contribution in [2.24, 2.45) is 17.8 Å². The van der Waals surface area contributed by atoms with Gasteiger partial charge in [-0.15, -0.1) is 0 Å². The largest absolute Gasteiger partial charge is 0.472 e. The van der Waals surface area contributed by atoms with Gasteiger partial charge in [-0.2, -0.15) is 0 Å². The van der Waals surface area contributed by atoms with Crippen LogP contribution in [0.2, 0.25) is 0 Å². The SMILES string of the molecule is CCCCCCCCCCCC(=O)OC[C@H](COP(=O)(O)OC[C@H](O)COP(=O)(O)OC[C@@H](COC(=O)CCCCCCCCCCC(C)CC)OC(=O)CCCCCCCCCCCCCCCCC(C)C)OC(=O)CCCCCCCCCCC(C)C. The van der Waals surface area contributed by atoms with E-state index in [9.17, 15) is 43.2 Å². The minimum Gasteiger partial charge on any atom is -0.462 e. The number of ether oxygens (including phenoxy) is 4. The quantitative estimate of drug-likeness (QED) is 0.0222. The van der Waals surface area contributed by atoms with Gasteiger partial charge in [0.05, 0.1) is 26.4 Å². The van der Waals surface area contributed by atoms with E-state index in [1.54, 1.807) is 0 Å². The summed E-state index contributed by atoms with van der Waals surface area (Å²) in [6, 6.07) is 0. The lowest BCUT2D eigenvalue weighted by Gasteiger charge is -2.21. The molecule has 0 aliphatic heterocycles. The lowest BCUT2D eigenvalue weighted by molar-refractivity contribution is -0.161. The molecule has 17 nitrogen and oxygen atoms in total. The van der Waals surface area contributed by atoms with Gasteiger partial charge in [-0.3, -0.25) is 37.3 Å². The van der Waals surface area contributed by atoms with Crippen LogP contribution >= 0.6 is 15.6 Å². The maximum Gasteiger partial charge on any atom is 0.472 e. The number of hydrogen-bond donors (Lipinski definition) is 3. The van der Waals surface area contributed by atoms with Crippen molar-refractivity contribution in [2.75, 3.05) is 39.6 Å². The zero-order chi connectivity index (χ0) is 65.9. The smallest absolute Gasteiger partial charge is 0.462 e. The Labute approximate surface area is 543 Å². The molecular weight excluding hydrogens is 1170 g/mol. The fourth-order valence-electron chi connectivity index (χ4n) is 10.5. The number of unbranched alkanes of at least 4 members (excludes halogenated alkanes) is 35. The van der Waals surface area contributed by atoms with E-state index < -0.39 is 97.5 Å². The fourth-order valence-corrected chi connectivity index (χ4v) is 12.1. The summed E-state index contributed by atoms with van der Waals surface area (Å²) >= 11 is 0. The Kier molecular flexibility index (Phi) is 59.6. The zero-order valence-electron chi connectivity index (χ0n) is 57.9. The molecule has 89 heavy (non-hydrogen) atoms. The number of hydrogen-bond acceptors (Lipinski definition) is 15. The van der Waals surface area contributed by atoms with Crippen molar-refractivity contribution < 1.29 is 80.2 Å². The summed E-state index contributed by atoms with van der Waals surface area (Å²) in [6.07, 6.45) is 44.4. The first-order valence-corrected chi connectivity index (χ1v) is 39.4. The van der Waals surface area contributed by atoms with Crippen LogP contribution < -0.4 is 0 Å². The molecule has 0 aromatic heterocycles. The Morgan fingerprint density at radius 1 is 0.326 bits per heavy atom. The van der Waals surface area contributed by atoms with E-state index in [0.29, 0.717) is 25.7 Å². The molecule has 0 aromatic carbocycles. The van der Waals surface area contributed by atoms with Crippen molar-refractivity contribution in [3.8, 4) is 0 Å². The predicted octanol–water partition coefficient (Wildman–Crippen LogP) is 19.8. The summed E-state index contributed by atoms with van der Waals surface area (Å²) in [5, 5.41) is 10.6. The summed E-state index contributed by atoms with van der Waals surface area (Å²) in [6.45, 7) is 11.8.